The van der Waals surface area contributed by atoms with Gasteiger partial charge in [-0.1, -0.05) is 43.0 Å². The first kappa shape index (κ1) is 17.5. The Balaban J connectivity index is 1.62. The van der Waals surface area contributed by atoms with Crippen molar-refractivity contribution >= 4 is 17.5 Å². The van der Waals surface area contributed by atoms with Crippen molar-refractivity contribution in [1.29, 1.82) is 0 Å². The summed E-state index contributed by atoms with van der Waals surface area (Å²) in [6.07, 6.45) is 7.71. The van der Waals surface area contributed by atoms with Crippen molar-refractivity contribution in [3.05, 3.63) is 63.4 Å². The highest BCUT2D eigenvalue weighted by molar-refractivity contribution is 6.30. The number of nitrogens with zero attached hydrogens (tertiary/aromatic N) is 2. The molecule has 26 heavy (non-hydrogen) atoms. The number of carbonyl (C=O) groups is 1. The van der Waals surface area contributed by atoms with Gasteiger partial charge >= 0.3 is 0 Å². The van der Waals surface area contributed by atoms with E-state index >= 15 is 0 Å². The third-order valence-corrected chi connectivity index (χ3v) is 6.01. The summed E-state index contributed by atoms with van der Waals surface area (Å²) in [6, 6.07) is 10.4. The lowest BCUT2D eigenvalue weighted by molar-refractivity contribution is 0.0612. The van der Waals surface area contributed by atoms with Crippen LogP contribution < -0.4 is 0 Å². The van der Waals surface area contributed by atoms with E-state index in [2.05, 4.69) is 17.0 Å². The minimum Gasteiger partial charge on any atom is -0.335 e. The van der Waals surface area contributed by atoms with Crippen LogP contribution in [0.3, 0.4) is 0 Å². The zero-order chi connectivity index (χ0) is 18.1. The number of aryl methyl sites for hydroxylation is 1. The average Bonchev–Trinajstić information content (AvgIpc) is 2.64. The van der Waals surface area contributed by atoms with Gasteiger partial charge in [-0.15, -0.1) is 0 Å². The highest BCUT2D eigenvalue weighted by Gasteiger charge is 2.31. The molecule has 0 unspecified atom stereocenters. The van der Waals surface area contributed by atoms with Crippen molar-refractivity contribution in [3.63, 3.8) is 0 Å². The monoisotopic (exact) mass is 368 g/mol. The summed E-state index contributed by atoms with van der Waals surface area (Å²) in [4.78, 5) is 20.0. The van der Waals surface area contributed by atoms with Crippen molar-refractivity contribution < 1.29 is 4.79 Å². The van der Waals surface area contributed by atoms with Crippen LogP contribution in [0.1, 0.15) is 65.0 Å². The van der Waals surface area contributed by atoms with Crippen LogP contribution >= 0.6 is 11.6 Å². The first-order chi connectivity index (χ1) is 12.6. The van der Waals surface area contributed by atoms with Gasteiger partial charge in [0.05, 0.1) is 11.3 Å². The summed E-state index contributed by atoms with van der Waals surface area (Å²) < 4.78 is 0. The molecule has 1 aliphatic heterocycles. The lowest BCUT2D eigenvalue weighted by atomic mass is 9.91. The van der Waals surface area contributed by atoms with Gasteiger partial charge in [0, 0.05) is 29.7 Å². The maximum absolute atomic E-state index is 13.2. The molecular formula is C22H25ClN2O. The maximum atomic E-state index is 13.2. The smallest absolute Gasteiger partial charge is 0.255 e. The van der Waals surface area contributed by atoms with Gasteiger partial charge in [-0.25, -0.2) is 0 Å². The maximum Gasteiger partial charge on any atom is 0.255 e. The van der Waals surface area contributed by atoms with E-state index in [1.807, 2.05) is 25.1 Å². The number of fused-ring (bicyclic) bond motifs is 1. The van der Waals surface area contributed by atoms with E-state index in [0.717, 1.165) is 65.3 Å². The molecule has 1 fully saturated rings. The third kappa shape index (κ3) is 3.50. The van der Waals surface area contributed by atoms with E-state index in [1.165, 1.54) is 19.3 Å². The Labute approximate surface area is 160 Å². The number of hydrogen-bond donors (Lipinski definition) is 0. The van der Waals surface area contributed by atoms with Gasteiger partial charge in [0.15, 0.2) is 0 Å². The second-order valence-electron chi connectivity index (χ2n) is 7.57. The van der Waals surface area contributed by atoms with Crippen molar-refractivity contribution in [3.8, 4) is 0 Å². The van der Waals surface area contributed by atoms with Crippen molar-refractivity contribution in [1.82, 2.24) is 9.88 Å². The predicted molar refractivity (Wildman–Crippen MR) is 105 cm³/mol. The largest absolute Gasteiger partial charge is 0.335 e. The predicted octanol–water partition coefficient (Wildman–Crippen LogP) is 4.97. The number of carbonyl (C=O) groups excluding carboxylic acids is 1. The zero-order valence-electron chi connectivity index (χ0n) is 15.3. The second kappa shape index (κ2) is 7.40. The molecule has 4 heteroatoms. The van der Waals surface area contributed by atoms with E-state index in [9.17, 15) is 4.79 Å². The van der Waals surface area contributed by atoms with Crippen LogP contribution in [0, 0.1) is 6.92 Å². The fourth-order valence-corrected chi connectivity index (χ4v) is 4.55. The molecular weight excluding hydrogens is 344 g/mol. The molecule has 0 spiro atoms. The van der Waals surface area contributed by atoms with Gasteiger partial charge in [-0.05, 0) is 55.5 Å². The summed E-state index contributed by atoms with van der Waals surface area (Å²) in [7, 11) is 0. The number of aromatic nitrogens is 1. The highest BCUT2D eigenvalue weighted by atomic mass is 35.5. The Morgan fingerprint density at radius 2 is 2.00 bits per heavy atom. The quantitative estimate of drug-likeness (QED) is 0.766. The van der Waals surface area contributed by atoms with E-state index in [1.54, 1.807) is 0 Å². The SMILES string of the molecule is Cc1nc2c(cc1Cc1cccc(Cl)c1)C(=O)N(C1CCCCC1)CC2. The molecule has 1 amide bonds. The molecule has 4 rings (SSSR count). The topological polar surface area (TPSA) is 33.2 Å². The van der Waals surface area contributed by atoms with Crippen LogP contribution in [0.25, 0.3) is 0 Å². The minimum atomic E-state index is 0.179. The number of amides is 1. The average molecular weight is 369 g/mol. The van der Waals surface area contributed by atoms with E-state index in [4.69, 9.17) is 16.6 Å². The Hall–Kier alpha value is -1.87. The van der Waals surface area contributed by atoms with Crippen LogP contribution in [-0.4, -0.2) is 28.4 Å². The molecule has 1 aromatic heterocycles. The molecule has 2 aromatic rings. The fourth-order valence-electron chi connectivity index (χ4n) is 4.34. The van der Waals surface area contributed by atoms with Gasteiger partial charge in [-0.3, -0.25) is 9.78 Å². The molecule has 1 aliphatic carbocycles. The summed E-state index contributed by atoms with van der Waals surface area (Å²) >= 11 is 6.12. The van der Waals surface area contributed by atoms with Crippen molar-refractivity contribution in [2.45, 2.75) is 57.9 Å². The molecule has 0 bridgehead atoms. The first-order valence-electron chi connectivity index (χ1n) is 9.66. The number of benzene rings is 1. The third-order valence-electron chi connectivity index (χ3n) is 5.78. The molecule has 2 heterocycles. The summed E-state index contributed by atoms with van der Waals surface area (Å²) in [5.41, 5.74) is 5.06. The van der Waals surface area contributed by atoms with Crippen molar-refractivity contribution in [2.75, 3.05) is 6.54 Å². The van der Waals surface area contributed by atoms with Crippen LogP contribution in [0.5, 0.6) is 0 Å². The number of halogens is 1. The Morgan fingerprint density at radius 3 is 2.77 bits per heavy atom. The lowest BCUT2D eigenvalue weighted by Crippen LogP contribution is -2.45. The van der Waals surface area contributed by atoms with Gasteiger partial charge < -0.3 is 4.90 Å². The van der Waals surface area contributed by atoms with Crippen LogP contribution in [0.2, 0.25) is 5.02 Å². The number of rotatable bonds is 3. The summed E-state index contributed by atoms with van der Waals surface area (Å²) in [6.45, 7) is 2.86. The van der Waals surface area contributed by atoms with Gasteiger partial charge in [0.25, 0.3) is 5.91 Å². The Bertz CT molecular complexity index is 827. The minimum absolute atomic E-state index is 0.179. The zero-order valence-corrected chi connectivity index (χ0v) is 16.1. The summed E-state index contributed by atoms with van der Waals surface area (Å²) in [5, 5.41) is 0.741. The molecule has 0 radical (unpaired) electrons. The van der Waals surface area contributed by atoms with Crippen molar-refractivity contribution in [2.24, 2.45) is 0 Å². The van der Waals surface area contributed by atoms with Gasteiger partial charge in [-0.2, -0.15) is 0 Å². The molecule has 0 saturated heterocycles. The Morgan fingerprint density at radius 1 is 1.19 bits per heavy atom. The second-order valence-corrected chi connectivity index (χ2v) is 8.01. The highest BCUT2D eigenvalue weighted by Crippen LogP contribution is 2.29. The van der Waals surface area contributed by atoms with Gasteiger partial charge in [0.2, 0.25) is 0 Å². The Kier molecular flexibility index (Phi) is 4.99. The summed E-state index contributed by atoms with van der Waals surface area (Å²) in [5.74, 6) is 0.179. The molecule has 0 N–H and O–H groups in total. The van der Waals surface area contributed by atoms with Crippen LogP contribution in [0.4, 0.5) is 0 Å². The van der Waals surface area contributed by atoms with Gasteiger partial charge in [0.1, 0.15) is 0 Å². The van der Waals surface area contributed by atoms with E-state index in [-0.39, 0.29) is 5.91 Å². The lowest BCUT2D eigenvalue weighted by Gasteiger charge is -2.37. The first-order valence-corrected chi connectivity index (χ1v) is 10.0. The molecule has 1 saturated carbocycles. The van der Waals surface area contributed by atoms with E-state index < -0.39 is 0 Å². The fraction of sp³-hybridized carbons (Fsp3) is 0.455. The molecule has 2 aliphatic rings. The molecule has 136 valence electrons. The standard InChI is InChI=1S/C22H25ClN2O/c1-15-17(12-16-6-5-7-18(23)13-16)14-20-21(24-15)10-11-25(22(20)26)19-8-3-2-4-9-19/h5-7,13-14,19H,2-4,8-12H2,1H3. The van der Waals surface area contributed by atoms with Crippen LogP contribution in [-0.2, 0) is 12.8 Å². The normalized spacial score (nSPS) is 18.1. The van der Waals surface area contributed by atoms with E-state index in [0.29, 0.717) is 6.04 Å². The molecule has 0 atom stereocenters. The molecule has 1 aromatic carbocycles. The number of pyridine rings is 1. The van der Waals surface area contributed by atoms with Crippen LogP contribution in [0.15, 0.2) is 30.3 Å². The molecule has 3 nitrogen and oxygen atoms in total. The number of hydrogen-bond acceptors (Lipinski definition) is 2.